The van der Waals surface area contributed by atoms with Crippen LogP contribution < -0.4 is 20.7 Å². The number of aromatic nitrogens is 2. The van der Waals surface area contributed by atoms with Crippen molar-refractivity contribution in [1.82, 2.24) is 15.3 Å². The molecule has 0 saturated heterocycles. The number of amides is 1. The van der Waals surface area contributed by atoms with Gasteiger partial charge in [-0.2, -0.15) is 4.98 Å². The summed E-state index contributed by atoms with van der Waals surface area (Å²) in [6.45, 7) is 9.06. The average molecular weight is 392 g/mol. The fraction of sp³-hybridized carbons (Fsp3) is 0.421. The lowest BCUT2D eigenvalue weighted by atomic mass is 10.1. The Morgan fingerprint density at radius 1 is 1.15 bits per heavy atom. The van der Waals surface area contributed by atoms with Gasteiger partial charge in [-0.25, -0.2) is 4.98 Å². The second-order valence-electron chi connectivity index (χ2n) is 6.50. The van der Waals surface area contributed by atoms with E-state index < -0.39 is 5.60 Å². The predicted octanol–water partition coefficient (Wildman–Crippen LogP) is 3.26. The summed E-state index contributed by atoms with van der Waals surface area (Å²) in [4.78, 5) is 21.1. The zero-order valence-electron chi connectivity index (χ0n) is 16.1. The standard InChI is InChI=1S/C19H26ClN5O2/c1-5-21-18-24-13(2)12-16(25-18)22-10-11-23-17(26)19(3,4)27-15-8-6-14(20)7-9-15/h6-9,12H,5,10-11H2,1-4H3,(H,23,26)(H2,21,22,24,25). The Hall–Kier alpha value is -2.54. The van der Waals surface area contributed by atoms with Gasteiger partial charge in [0.25, 0.3) is 5.91 Å². The Labute approximate surface area is 164 Å². The molecule has 8 heteroatoms. The minimum absolute atomic E-state index is 0.202. The minimum Gasteiger partial charge on any atom is -0.478 e. The van der Waals surface area contributed by atoms with Crippen LogP contribution >= 0.6 is 11.6 Å². The van der Waals surface area contributed by atoms with E-state index in [0.29, 0.717) is 35.6 Å². The van der Waals surface area contributed by atoms with Crippen LogP contribution in [0.1, 0.15) is 26.5 Å². The lowest BCUT2D eigenvalue weighted by molar-refractivity contribution is -0.134. The molecular formula is C19H26ClN5O2. The Kier molecular flexibility index (Phi) is 7.24. The Morgan fingerprint density at radius 2 is 1.85 bits per heavy atom. The zero-order chi connectivity index (χ0) is 19.9. The van der Waals surface area contributed by atoms with Crippen LogP contribution in [0.15, 0.2) is 30.3 Å². The molecular weight excluding hydrogens is 366 g/mol. The lowest BCUT2D eigenvalue weighted by Gasteiger charge is -2.25. The van der Waals surface area contributed by atoms with Gasteiger partial charge in [-0.3, -0.25) is 4.79 Å². The van der Waals surface area contributed by atoms with Gasteiger partial charge in [0, 0.05) is 36.4 Å². The normalized spacial score (nSPS) is 11.0. The summed E-state index contributed by atoms with van der Waals surface area (Å²) in [6, 6.07) is 8.77. The molecule has 3 N–H and O–H groups in total. The number of halogens is 1. The molecule has 1 aromatic carbocycles. The molecule has 0 radical (unpaired) electrons. The quantitative estimate of drug-likeness (QED) is 0.568. The summed E-state index contributed by atoms with van der Waals surface area (Å²) >= 11 is 5.86. The van der Waals surface area contributed by atoms with E-state index in [0.717, 1.165) is 12.2 Å². The Bertz CT molecular complexity index is 765. The van der Waals surface area contributed by atoms with Gasteiger partial charge < -0.3 is 20.7 Å². The van der Waals surface area contributed by atoms with Gasteiger partial charge in [-0.05, 0) is 52.0 Å². The van der Waals surface area contributed by atoms with Crippen molar-refractivity contribution < 1.29 is 9.53 Å². The zero-order valence-corrected chi connectivity index (χ0v) is 16.9. The van der Waals surface area contributed by atoms with Crippen LogP contribution in [0.25, 0.3) is 0 Å². The van der Waals surface area contributed by atoms with E-state index in [1.54, 1.807) is 38.1 Å². The molecule has 0 atom stereocenters. The van der Waals surface area contributed by atoms with E-state index in [1.165, 1.54) is 0 Å². The molecule has 1 heterocycles. The van der Waals surface area contributed by atoms with Gasteiger partial charge >= 0.3 is 0 Å². The number of nitrogens with zero attached hydrogens (tertiary/aromatic N) is 2. The van der Waals surface area contributed by atoms with Crippen molar-refractivity contribution in [3.05, 3.63) is 41.0 Å². The van der Waals surface area contributed by atoms with Gasteiger partial charge in [0.1, 0.15) is 11.6 Å². The predicted molar refractivity (Wildman–Crippen MR) is 109 cm³/mol. The number of nitrogens with one attached hydrogen (secondary N) is 3. The summed E-state index contributed by atoms with van der Waals surface area (Å²) in [7, 11) is 0. The molecule has 2 rings (SSSR count). The smallest absolute Gasteiger partial charge is 0.263 e. The number of anilines is 2. The second-order valence-corrected chi connectivity index (χ2v) is 6.93. The van der Waals surface area contributed by atoms with Crippen molar-refractivity contribution in [2.24, 2.45) is 0 Å². The number of carbonyl (C=O) groups is 1. The fourth-order valence-corrected chi connectivity index (χ4v) is 2.45. The molecule has 7 nitrogen and oxygen atoms in total. The number of carbonyl (C=O) groups excluding carboxylic acids is 1. The molecule has 0 aliphatic heterocycles. The van der Waals surface area contributed by atoms with Gasteiger partial charge in [0.2, 0.25) is 5.95 Å². The topological polar surface area (TPSA) is 88.2 Å². The van der Waals surface area contributed by atoms with Crippen molar-refractivity contribution in [2.45, 2.75) is 33.3 Å². The third-order valence-electron chi connectivity index (χ3n) is 3.64. The van der Waals surface area contributed by atoms with Crippen LogP contribution in [0, 0.1) is 6.92 Å². The summed E-state index contributed by atoms with van der Waals surface area (Å²) in [5, 5.41) is 9.76. The average Bonchev–Trinajstić information content (AvgIpc) is 2.60. The lowest BCUT2D eigenvalue weighted by Crippen LogP contribution is -2.47. The molecule has 0 unspecified atom stereocenters. The number of hydrogen-bond acceptors (Lipinski definition) is 6. The van der Waals surface area contributed by atoms with E-state index in [4.69, 9.17) is 16.3 Å². The summed E-state index contributed by atoms with van der Waals surface area (Å²) in [6.07, 6.45) is 0. The second kappa shape index (κ2) is 9.41. The Morgan fingerprint density at radius 3 is 2.52 bits per heavy atom. The maximum absolute atomic E-state index is 12.4. The highest BCUT2D eigenvalue weighted by molar-refractivity contribution is 6.30. The van der Waals surface area contributed by atoms with Crippen LogP contribution in [0.2, 0.25) is 5.02 Å². The third-order valence-corrected chi connectivity index (χ3v) is 3.89. The van der Waals surface area contributed by atoms with Gasteiger partial charge in [0.15, 0.2) is 5.60 Å². The van der Waals surface area contributed by atoms with E-state index in [9.17, 15) is 4.79 Å². The molecule has 0 bridgehead atoms. The van der Waals surface area contributed by atoms with Crippen LogP contribution in [0.3, 0.4) is 0 Å². The van der Waals surface area contributed by atoms with Crippen LogP contribution in [0.5, 0.6) is 5.75 Å². The monoisotopic (exact) mass is 391 g/mol. The van der Waals surface area contributed by atoms with Crippen molar-refractivity contribution in [3.8, 4) is 5.75 Å². The highest BCUT2D eigenvalue weighted by Crippen LogP contribution is 2.21. The van der Waals surface area contributed by atoms with Crippen molar-refractivity contribution in [3.63, 3.8) is 0 Å². The maximum atomic E-state index is 12.4. The molecule has 146 valence electrons. The van der Waals surface area contributed by atoms with Crippen molar-refractivity contribution in [2.75, 3.05) is 30.3 Å². The fourth-order valence-electron chi connectivity index (χ4n) is 2.32. The van der Waals surface area contributed by atoms with E-state index >= 15 is 0 Å². The number of hydrogen-bond donors (Lipinski definition) is 3. The van der Waals surface area contributed by atoms with Gasteiger partial charge in [0.05, 0.1) is 0 Å². The first-order chi connectivity index (χ1) is 12.8. The van der Waals surface area contributed by atoms with E-state index in [1.807, 2.05) is 19.9 Å². The number of ether oxygens (including phenoxy) is 1. The summed E-state index contributed by atoms with van der Waals surface area (Å²) in [5.74, 6) is 1.68. The maximum Gasteiger partial charge on any atom is 0.263 e. The van der Waals surface area contributed by atoms with Gasteiger partial charge in [-0.1, -0.05) is 11.6 Å². The number of rotatable bonds is 9. The molecule has 0 aliphatic rings. The molecule has 0 saturated carbocycles. The van der Waals surface area contributed by atoms with Crippen molar-refractivity contribution >= 4 is 29.3 Å². The highest BCUT2D eigenvalue weighted by Gasteiger charge is 2.29. The van der Waals surface area contributed by atoms with Crippen LogP contribution in [-0.2, 0) is 4.79 Å². The third kappa shape index (κ3) is 6.60. The molecule has 0 fully saturated rings. The van der Waals surface area contributed by atoms with Gasteiger partial charge in [-0.15, -0.1) is 0 Å². The van der Waals surface area contributed by atoms with Crippen LogP contribution in [-0.4, -0.2) is 41.1 Å². The molecule has 27 heavy (non-hydrogen) atoms. The van der Waals surface area contributed by atoms with Crippen LogP contribution in [0.4, 0.5) is 11.8 Å². The molecule has 0 spiro atoms. The largest absolute Gasteiger partial charge is 0.478 e. The summed E-state index contributed by atoms with van der Waals surface area (Å²) in [5.41, 5.74) is -0.137. The first-order valence-corrected chi connectivity index (χ1v) is 9.24. The molecule has 1 aromatic heterocycles. The number of aryl methyl sites for hydroxylation is 1. The minimum atomic E-state index is -1.00. The summed E-state index contributed by atoms with van der Waals surface area (Å²) < 4.78 is 5.77. The van der Waals surface area contributed by atoms with E-state index in [2.05, 4.69) is 25.9 Å². The molecule has 2 aromatic rings. The number of benzene rings is 1. The van der Waals surface area contributed by atoms with Crippen molar-refractivity contribution in [1.29, 1.82) is 0 Å². The SMILES string of the molecule is CCNc1nc(C)cc(NCCNC(=O)C(C)(C)Oc2ccc(Cl)cc2)n1. The highest BCUT2D eigenvalue weighted by atomic mass is 35.5. The van der Waals surface area contributed by atoms with E-state index in [-0.39, 0.29) is 5.91 Å². The molecule has 0 aliphatic carbocycles. The molecule has 1 amide bonds. The Balaban J connectivity index is 1.82. The first kappa shape index (κ1) is 20.8. The first-order valence-electron chi connectivity index (χ1n) is 8.86.